The fourth-order valence-electron chi connectivity index (χ4n) is 3.13. The highest BCUT2D eigenvalue weighted by atomic mass is 19.1. The minimum Gasteiger partial charge on any atom is -0.379 e. The highest BCUT2D eigenvalue weighted by molar-refractivity contribution is 5.32. The molecule has 20 heavy (non-hydrogen) atoms. The molecule has 112 valence electrons. The summed E-state index contributed by atoms with van der Waals surface area (Å²) in [7, 11) is 1.94. The third-order valence-corrected chi connectivity index (χ3v) is 4.37. The minimum atomic E-state index is -0.177. The van der Waals surface area contributed by atoms with Crippen molar-refractivity contribution in [3.63, 3.8) is 0 Å². The van der Waals surface area contributed by atoms with Crippen LogP contribution in [-0.2, 0) is 4.74 Å². The molecule has 1 atom stereocenters. The monoisotopic (exact) mass is 280 g/mol. The molecule has 1 aromatic rings. The number of rotatable bonds is 4. The summed E-state index contributed by atoms with van der Waals surface area (Å²) < 4.78 is 19.0. The lowest BCUT2D eigenvalue weighted by atomic mass is 9.84. The molecule has 0 radical (unpaired) electrons. The van der Waals surface area contributed by atoms with Gasteiger partial charge in [-0.25, -0.2) is 4.39 Å². The zero-order chi connectivity index (χ0) is 14.8. The van der Waals surface area contributed by atoms with Gasteiger partial charge in [0.2, 0.25) is 0 Å². The van der Waals surface area contributed by atoms with E-state index in [-0.39, 0.29) is 17.4 Å². The van der Waals surface area contributed by atoms with Crippen molar-refractivity contribution in [1.29, 1.82) is 0 Å². The first-order valence-electron chi connectivity index (χ1n) is 7.23. The summed E-state index contributed by atoms with van der Waals surface area (Å²) in [4.78, 5) is 2.42. The first-order valence-corrected chi connectivity index (χ1v) is 7.23. The summed E-state index contributed by atoms with van der Waals surface area (Å²) in [6.07, 6.45) is 0. The molecule has 1 heterocycles. The third-order valence-electron chi connectivity index (χ3n) is 4.37. The van der Waals surface area contributed by atoms with Gasteiger partial charge in [0.1, 0.15) is 5.82 Å². The van der Waals surface area contributed by atoms with Gasteiger partial charge in [-0.15, -0.1) is 0 Å². The molecule has 0 aliphatic carbocycles. The van der Waals surface area contributed by atoms with E-state index in [1.54, 1.807) is 6.07 Å². The van der Waals surface area contributed by atoms with Crippen molar-refractivity contribution in [3.8, 4) is 0 Å². The molecule has 4 heteroatoms. The highest BCUT2D eigenvalue weighted by Crippen LogP contribution is 2.33. The average molecular weight is 280 g/mol. The van der Waals surface area contributed by atoms with Crippen LogP contribution in [0.2, 0.25) is 0 Å². The number of hydrogen-bond donors (Lipinski definition) is 1. The quantitative estimate of drug-likeness (QED) is 0.917. The Morgan fingerprint density at radius 2 is 1.95 bits per heavy atom. The van der Waals surface area contributed by atoms with Crippen molar-refractivity contribution in [2.24, 2.45) is 0 Å². The Kier molecular flexibility index (Phi) is 4.78. The lowest BCUT2D eigenvalue weighted by Crippen LogP contribution is -2.55. The molecule has 0 amide bonds. The summed E-state index contributed by atoms with van der Waals surface area (Å²) in [5, 5.41) is 3.37. The van der Waals surface area contributed by atoms with Crippen molar-refractivity contribution in [3.05, 3.63) is 35.1 Å². The molecule has 0 aromatic heterocycles. The van der Waals surface area contributed by atoms with Crippen molar-refractivity contribution in [2.75, 3.05) is 33.4 Å². The zero-order valence-electron chi connectivity index (χ0n) is 12.9. The van der Waals surface area contributed by atoms with E-state index >= 15 is 0 Å². The molecule has 1 aromatic carbocycles. The number of morpholine rings is 1. The molecule has 0 spiro atoms. The second-order valence-corrected chi connectivity index (χ2v) is 5.98. The Morgan fingerprint density at radius 3 is 2.55 bits per heavy atom. The van der Waals surface area contributed by atoms with Crippen LogP contribution in [0.15, 0.2) is 18.2 Å². The van der Waals surface area contributed by atoms with Crippen molar-refractivity contribution in [1.82, 2.24) is 10.2 Å². The number of likely N-dealkylation sites (N-methyl/N-ethyl adjacent to an activating group) is 1. The summed E-state index contributed by atoms with van der Waals surface area (Å²) in [5.74, 6) is -0.177. The molecular weight excluding hydrogens is 255 g/mol. The maximum Gasteiger partial charge on any atom is 0.123 e. The van der Waals surface area contributed by atoms with E-state index in [2.05, 4.69) is 24.1 Å². The van der Waals surface area contributed by atoms with E-state index < -0.39 is 0 Å². The van der Waals surface area contributed by atoms with E-state index in [9.17, 15) is 4.39 Å². The van der Waals surface area contributed by atoms with Crippen LogP contribution in [0.25, 0.3) is 0 Å². The van der Waals surface area contributed by atoms with Crippen LogP contribution in [0.5, 0.6) is 0 Å². The van der Waals surface area contributed by atoms with Crippen LogP contribution in [0, 0.1) is 12.7 Å². The predicted octanol–water partition coefficient (Wildman–Crippen LogP) is 2.51. The molecule has 0 bridgehead atoms. The molecule has 1 fully saturated rings. The van der Waals surface area contributed by atoms with E-state index in [1.807, 2.05) is 20.0 Å². The Hall–Kier alpha value is -0.970. The molecule has 3 nitrogen and oxygen atoms in total. The van der Waals surface area contributed by atoms with E-state index in [0.717, 1.165) is 37.4 Å². The van der Waals surface area contributed by atoms with Crippen LogP contribution in [-0.4, -0.2) is 43.8 Å². The van der Waals surface area contributed by atoms with E-state index in [4.69, 9.17) is 4.74 Å². The lowest BCUT2D eigenvalue weighted by molar-refractivity contribution is -0.0230. The summed E-state index contributed by atoms with van der Waals surface area (Å²) in [5.41, 5.74) is 2.05. The summed E-state index contributed by atoms with van der Waals surface area (Å²) in [6, 6.07) is 5.10. The van der Waals surface area contributed by atoms with Gasteiger partial charge in [0, 0.05) is 18.6 Å². The number of nitrogens with zero attached hydrogens (tertiary/aromatic N) is 1. The van der Waals surface area contributed by atoms with Gasteiger partial charge in [-0.2, -0.15) is 0 Å². The number of hydrogen-bond acceptors (Lipinski definition) is 3. The smallest absolute Gasteiger partial charge is 0.123 e. The van der Waals surface area contributed by atoms with Crippen LogP contribution >= 0.6 is 0 Å². The highest BCUT2D eigenvalue weighted by Gasteiger charge is 2.37. The standard InChI is InChI=1S/C16H25FN2O/c1-12-5-6-13(17)11-14(12)15(18-4)16(2,3)19-7-9-20-10-8-19/h5-6,11,15,18H,7-10H2,1-4H3. The minimum absolute atomic E-state index is 0.0799. The van der Waals surface area contributed by atoms with Gasteiger partial charge in [0.05, 0.1) is 19.3 Å². The second kappa shape index (κ2) is 6.20. The fraction of sp³-hybridized carbons (Fsp3) is 0.625. The predicted molar refractivity (Wildman–Crippen MR) is 79.4 cm³/mol. The number of nitrogens with one attached hydrogen (secondary N) is 1. The molecule has 2 rings (SSSR count). The van der Waals surface area contributed by atoms with Crippen molar-refractivity contribution in [2.45, 2.75) is 32.4 Å². The largest absolute Gasteiger partial charge is 0.379 e. The van der Waals surface area contributed by atoms with Crippen LogP contribution in [0.1, 0.15) is 31.0 Å². The SMILES string of the molecule is CNC(c1cc(F)ccc1C)C(C)(C)N1CCOCC1. The maximum atomic E-state index is 13.6. The average Bonchev–Trinajstić information content (AvgIpc) is 2.44. The van der Waals surface area contributed by atoms with Gasteiger partial charge in [0.25, 0.3) is 0 Å². The maximum absolute atomic E-state index is 13.6. The fourth-order valence-corrected chi connectivity index (χ4v) is 3.13. The van der Waals surface area contributed by atoms with Crippen LogP contribution in [0.3, 0.4) is 0 Å². The molecule has 1 aliphatic heterocycles. The lowest BCUT2D eigenvalue weighted by Gasteiger charge is -2.46. The molecular formula is C16H25FN2O. The Balaban J connectivity index is 2.32. The molecule has 1 saturated heterocycles. The number of halogens is 1. The Morgan fingerprint density at radius 1 is 1.30 bits per heavy atom. The first-order chi connectivity index (χ1) is 9.46. The second-order valence-electron chi connectivity index (χ2n) is 5.98. The van der Waals surface area contributed by atoms with Crippen LogP contribution in [0.4, 0.5) is 4.39 Å². The number of aryl methyl sites for hydroxylation is 1. The van der Waals surface area contributed by atoms with Gasteiger partial charge in [0.15, 0.2) is 0 Å². The van der Waals surface area contributed by atoms with Crippen LogP contribution < -0.4 is 5.32 Å². The van der Waals surface area contributed by atoms with Crippen molar-refractivity contribution >= 4 is 0 Å². The molecule has 0 saturated carbocycles. The normalized spacial score (nSPS) is 19.1. The van der Waals surface area contributed by atoms with Gasteiger partial charge in [-0.05, 0) is 51.1 Å². The number of ether oxygens (including phenoxy) is 1. The molecule has 1 N–H and O–H groups in total. The number of benzene rings is 1. The van der Waals surface area contributed by atoms with Crippen molar-refractivity contribution < 1.29 is 9.13 Å². The van der Waals surface area contributed by atoms with Gasteiger partial charge >= 0.3 is 0 Å². The van der Waals surface area contributed by atoms with Gasteiger partial charge < -0.3 is 10.1 Å². The Labute approximate surface area is 121 Å². The molecule has 1 unspecified atom stereocenters. The Bertz CT molecular complexity index is 456. The summed E-state index contributed by atoms with van der Waals surface area (Å²) >= 11 is 0. The van der Waals surface area contributed by atoms with E-state index in [0.29, 0.717) is 0 Å². The van der Waals surface area contributed by atoms with E-state index in [1.165, 1.54) is 6.07 Å². The third kappa shape index (κ3) is 3.03. The molecule has 1 aliphatic rings. The summed E-state index contributed by atoms with van der Waals surface area (Å²) in [6.45, 7) is 9.82. The first kappa shape index (κ1) is 15.4. The van der Waals surface area contributed by atoms with Gasteiger partial charge in [-0.3, -0.25) is 4.90 Å². The van der Waals surface area contributed by atoms with Gasteiger partial charge in [-0.1, -0.05) is 6.07 Å². The topological polar surface area (TPSA) is 24.5 Å². The zero-order valence-corrected chi connectivity index (χ0v) is 12.9.